The molecule has 3 amide bonds. The molecule has 0 saturated heterocycles. The number of aliphatic hydroxyl groups is 1. The first kappa shape index (κ1) is 34.4. The molecule has 9 nitrogen and oxygen atoms in total. The van der Waals surface area contributed by atoms with Crippen molar-refractivity contribution in [1.29, 1.82) is 0 Å². The number of aliphatic hydroxyl groups excluding tert-OH is 1. The van der Waals surface area contributed by atoms with Crippen LogP contribution in [0.1, 0.15) is 92.9 Å². The van der Waals surface area contributed by atoms with Crippen LogP contribution in [-0.4, -0.2) is 84.2 Å². The molecule has 1 heterocycles. The monoisotopic (exact) mass is 621 g/mol. The Balaban J connectivity index is 1.61. The van der Waals surface area contributed by atoms with Crippen LogP contribution in [0.2, 0.25) is 0 Å². The van der Waals surface area contributed by atoms with Crippen LogP contribution in [0.15, 0.2) is 48.5 Å². The number of rotatable bonds is 7. The molecule has 1 saturated carbocycles. The van der Waals surface area contributed by atoms with Crippen molar-refractivity contribution in [3.05, 3.63) is 59.7 Å². The van der Waals surface area contributed by atoms with Crippen LogP contribution in [0, 0.1) is 11.8 Å². The highest BCUT2D eigenvalue weighted by Crippen LogP contribution is 2.29. The number of likely N-dealkylation sites (N-methyl/N-ethyl adjacent to an activating group) is 1. The Kier molecular flexibility index (Phi) is 12.8. The highest BCUT2D eigenvalue weighted by atomic mass is 16.5. The van der Waals surface area contributed by atoms with Gasteiger partial charge in [-0.15, -0.1) is 0 Å². The number of ether oxygens (including phenoxy) is 2. The van der Waals surface area contributed by atoms with Gasteiger partial charge in [0, 0.05) is 49.8 Å². The van der Waals surface area contributed by atoms with Gasteiger partial charge in [-0.3, -0.25) is 14.4 Å². The smallest absolute Gasteiger partial charge is 0.258 e. The molecule has 246 valence electrons. The lowest BCUT2D eigenvalue weighted by molar-refractivity contribution is -0.137. The normalized spacial score (nSPS) is 22.8. The number of fused-ring (bicyclic) bond motifs is 1. The second-order valence-electron chi connectivity index (χ2n) is 12.9. The number of amides is 3. The molecule has 0 unspecified atom stereocenters. The van der Waals surface area contributed by atoms with Crippen LogP contribution in [0.25, 0.3) is 0 Å². The predicted molar refractivity (Wildman–Crippen MR) is 175 cm³/mol. The Morgan fingerprint density at radius 2 is 1.73 bits per heavy atom. The molecule has 1 fully saturated rings. The average molecular weight is 622 g/mol. The third kappa shape index (κ3) is 9.53. The quantitative estimate of drug-likeness (QED) is 0.406. The summed E-state index contributed by atoms with van der Waals surface area (Å²) in [5.74, 6) is -0.0262. The van der Waals surface area contributed by atoms with Crippen LogP contribution < -0.4 is 10.1 Å². The molecule has 4 atom stereocenters. The van der Waals surface area contributed by atoms with E-state index in [1.165, 1.54) is 6.42 Å². The molecule has 0 aromatic heterocycles. The first-order chi connectivity index (χ1) is 21.7. The van der Waals surface area contributed by atoms with Gasteiger partial charge in [-0.2, -0.15) is 0 Å². The number of hydrogen-bond acceptors (Lipinski definition) is 6. The van der Waals surface area contributed by atoms with Gasteiger partial charge in [0.05, 0.1) is 30.4 Å². The van der Waals surface area contributed by atoms with Crippen molar-refractivity contribution >= 4 is 23.4 Å². The summed E-state index contributed by atoms with van der Waals surface area (Å²) in [6.45, 7) is 6.92. The molecule has 2 aromatic rings. The van der Waals surface area contributed by atoms with E-state index in [0.29, 0.717) is 42.3 Å². The van der Waals surface area contributed by atoms with E-state index in [0.717, 1.165) is 44.9 Å². The first-order valence-corrected chi connectivity index (χ1v) is 16.6. The van der Waals surface area contributed by atoms with Gasteiger partial charge >= 0.3 is 0 Å². The number of anilines is 1. The standard InChI is InChI=1S/C36H51N3O6/c1-25-22-39(26(2)24-40)36(43)31-21-30(37-34(41)28-14-7-5-8-15-28)18-19-32(31)45-27(3)13-11-12-20-44-33(25)23-38(4)35(42)29-16-9-6-10-17-29/h5,7-8,14-15,18-19,21,25-27,29,33,40H,6,9-13,16-17,20,22-24H2,1-4H3,(H,37,41)/t25-,26-,27+,33+/m1/s1. The minimum atomic E-state index is -0.483. The lowest BCUT2D eigenvalue weighted by Crippen LogP contribution is -2.48. The van der Waals surface area contributed by atoms with Gasteiger partial charge in [0.1, 0.15) is 5.75 Å². The molecule has 1 aliphatic heterocycles. The van der Waals surface area contributed by atoms with Crippen molar-refractivity contribution in [1.82, 2.24) is 9.80 Å². The highest BCUT2D eigenvalue weighted by Gasteiger charge is 2.32. The fourth-order valence-electron chi connectivity index (χ4n) is 6.28. The van der Waals surface area contributed by atoms with Gasteiger partial charge in [0.15, 0.2) is 0 Å². The number of nitrogens with zero attached hydrogens (tertiary/aromatic N) is 2. The van der Waals surface area contributed by atoms with E-state index < -0.39 is 6.04 Å². The van der Waals surface area contributed by atoms with Crippen LogP contribution >= 0.6 is 0 Å². The summed E-state index contributed by atoms with van der Waals surface area (Å²) < 4.78 is 12.7. The van der Waals surface area contributed by atoms with Crippen molar-refractivity contribution in [2.45, 2.75) is 90.4 Å². The Hall–Kier alpha value is -3.43. The molecule has 2 aliphatic rings. The van der Waals surface area contributed by atoms with Crippen molar-refractivity contribution < 1.29 is 29.0 Å². The van der Waals surface area contributed by atoms with Gasteiger partial charge in [-0.25, -0.2) is 0 Å². The Labute approximate surface area is 268 Å². The fourth-order valence-corrected chi connectivity index (χ4v) is 6.28. The van der Waals surface area contributed by atoms with Crippen molar-refractivity contribution in [3.63, 3.8) is 0 Å². The van der Waals surface area contributed by atoms with Gasteiger partial charge < -0.3 is 29.7 Å². The minimum absolute atomic E-state index is 0.0691. The highest BCUT2D eigenvalue weighted by molar-refractivity contribution is 6.05. The molecule has 9 heteroatoms. The summed E-state index contributed by atoms with van der Waals surface area (Å²) in [5.41, 5.74) is 1.30. The number of benzene rings is 2. The van der Waals surface area contributed by atoms with Crippen molar-refractivity contribution in [2.24, 2.45) is 11.8 Å². The first-order valence-electron chi connectivity index (χ1n) is 16.6. The summed E-state index contributed by atoms with van der Waals surface area (Å²) in [6.07, 6.45) is 7.35. The zero-order chi connectivity index (χ0) is 32.3. The Morgan fingerprint density at radius 3 is 2.44 bits per heavy atom. The molecule has 45 heavy (non-hydrogen) atoms. The second-order valence-corrected chi connectivity index (χ2v) is 12.9. The number of hydrogen-bond donors (Lipinski definition) is 2. The van der Waals surface area contributed by atoms with Gasteiger partial charge in [0.2, 0.25) is 5.91 Å². The fraction of sp³-hybridized carbons (Fsp3) is 0.583. The number of nitrogens with one attached hydrogen (secondary N) is 1. The van der Waals surface area contributed by atoms with Gasteiger partial charge in [-0.1, -0.05) is 44.4 Å². The lowest BCUT2D eigenvalue weighted by atomic mass is 9.88. The maximum atomic E-state index is 14.3. The van der Waals surface area contributed by atoms with E-state index in [2.05, 4.69) is 5.32 Å². The topological polar surface area (TPSA) is 108 Å². The predicted octanol–water partition coefficient (Wildman–Crippen LogP) is 5.77. The summed E-state index contributed by atoms with van der Waals surface area (Å²) in [7, 11) is 1.86. The number of carbonyl (C=O) groups is 3. The summed E-state index contributed by atoms with van der Waals surface area (Å²) in [4.78, 5) is 44.0. The zero-order valence-electron chi connectivity index (χ0n) is 27.4. The SMILES string of the molecule is C[C@@H]1CN([C@H](C)CO)C(=O)c2cc(NC(=O)c3ccccc3)ccc2O[C@@H](C)CCCCO[C@H]1CN(C)C(=O)C1CCCCC1. The van der Waals surface area contributed by atoms with Crippen molar-refractivity contribution in [3.8, 4) is 5.75 Å². The average Bonchev–Trinajstić information content (AvgIpc) is 3.06. The zero-order valence-corrected chi connectivity index (χ0v) is 27.4. The molecule has 0 radical (unpaired) electrons. The summed E-state index contributed by atoms with van der Waals surface area (Å²) >= 11 is 0. The minimum Gasteiger partial charge on any atom is -0.490 e. The molecule has 0 bridgehead atoms. The summed E-state index contributed by atoms with van der Waals surface area (Å²) in [6, 6.07) is 13.6. The Bertz CT molecular complexity index is 1260. The molecule has 1 aliphatic carbocycles. The largest absolute Gasteiger partial charge is 0.490 e. The molecule has 2 aromatic carbocycles. The molecule has 0 spiro atoms. The second kappa shape index (κ2) is 16.8. The maximum Gasteiger partial charge on any atom is 0.258 e. The van der Waals surface area contributed by atoms with E-state index in [9.17, 15) is 19.5 Å². The number of carbonyl (C=O) groups excluding carboxylic acids is 3. The third-order valence-corrected chi connectivity index (χ3v) is 9.13. The van der Waals surface area contributed by atoms with E-state index in [1.807, 2.05) is 38.8 Å². The molecule has 2 N–H and O–H groups in total. The molecular formula is C36H51N3O6. The molecule has 4 rings (SSSR count). The van der Waals surface area contributed by atoms with E-state index >= 15 is 0 Å². The van der Waals surface area contributed by atoms with E-state index in [1.54, 1.807) is 47.4 Å². The van der Waals surface area contributed by atoms with E-state index in [4.69, 9.17) is 9.47 Å². The van der Waals surface area contributed by atoms with E-state index in [-0.39, 0.29) is 48.4 Å². The van der Waals surface area contributed by atoms with Crippen LogP contribution in [-0.2, 0) is 9.53 Å². The third-order valence-electron chi connectivity index (χ3n) is 9.13. The molecular weight excluding hydrogens is 570 g/mol. The maximum absolute atomic E-state index is 14.3. The van der Waals surface area contributed by atoms with Crippen molar-refractivity contribution in [2.75, 3.05) is 38.7 Å². The van der Waals surface area contributed by atoms with Crippen LogP contribution in [0.5, 0.6) is 5.75 Å². The van der Waals surface area contributed by atoms with Crippen LogP contribution in [0.4, 0.5) is 5.69 Å². The lowest BCUT2D eigenvalue weighted by Gasteiger charge is -2.36. The summed E-state index contributed by atoms with van der Waals surface area (Å²) in [5, 5.41) is 13.1. The van der Waals surface area contributed by atoms with Gasteiger partial charge in [0.25, 0.3) is 11.8 Å². The Morgan fingerprint density at radius 1 is 1.02 bits per heavy atom. The van der Waals surface area contributed by atoms with Crippen LogP contribution in [0.3, 0.4) is 0 Å². The van der Waals surface area contributed by atoms with Gasteiger partial charge in [-0.05, 0) is 76.3 Å².